The lowest BCUT2D eigenvalue weighted by Crippen LogP contribution is -2.15. The molecule has 2 nitrogen and oxygen atoms in total. The van der Waals surface area contributed by atoms with E-state index in [9.17, 15) is 10.2 Å². The van der Waals surface area contributed by atoms with E-state index in [-0.39, 0.29) is 14.9 Å². The van der Waals surface area contributed by atoms with Crippen LogP contribution in [0.3, 0.4) is 0 Å². The lowest BCUT2D eigenvalue weighted by molar-refractivity contribution is 0.434. The molecule has 0 saturated carbocycles. The van der Waals surface area contributed by atoms with Crippen LogP contribution < -0.4 is 0 Å². The minimum absolute atomic E-state index is 0.118. The third kappa shape index (κ3) is 6.87. The summed E-state index contributed by atoms with van der Waals surface area (Å²) in [5.41, 5.74) is 3.70. The van der Waals surface area contributed by atoms with Crippen molar-refractivity contribution in [2.75, 3.05) is 0 Å². The molecule has 178 valence electrons. The van der Waals surface area contributed by atoms with Gasteiger partial charge in [0.25, 0.3) is 0 Å². The van der Waals surface area contributed by atoms with Crippen molar-refractivity contribution in [3.05, 3.63) is 46.5 Å². The van der Waals surface area contributed by atoms with Gasteiger partial charge in [-0.15, -0.1) is 23.5 Å². The summed E-state index contributed by atoms with van der Waals surface area (Å²) in [6.07, 6.45) is 0.864. The molecule has 0 bridgehead atoms. The molecule has 0 aliphatic rings. The third-order valence-corrected chi connectivity index (χ3v) is 7.83. The lowest BCUT2D eigenvalue weighted by atomic mass is 9.84. The predicted octanol–water partition coefficient (Wildman–Crippen LogP) is 8.82. The monoisotopic (exact) mass is 474 g/mol. The Hall–Kier alpha value is -1.26. The number of hydrogen-bond acceptors (Lipinski definition) is 4. The van der Waals surface area contributed by atoms with Crippen LogP contribution in [-0.2, 0) is 17.3 Å². The smallest absolute Gasteiger partial charge is 0.122 e. The van der Waals surface area contributed by atoms with E-state index in [0.29, 0.717) is 17.4 Å². The molecule has 2 rings (SSSR count). The summed E-state index contributed by atoms with van der Waals surface area (Å²) in [6.45, 7) is 23.7. The zero-order valence-electron chi connectivity index (χ0n) is 21.8. The van der Waals surface area contributed by atoms with E-state index in [1.165, 1.54) is 9.79 Å². The van der Waals surface area contributed by atoms with Crippen LogP contribution in [0.4, 0.5) is 0 Å². The maximum absolute atomic E-state index is 11.0. The number of rotatable bonds is 6. The van der Waals surface area contributed by atoms with Crippen LogP contribution in [0.5, 0.6) is 11.5 Å². The summed E-state index contributed by atoms with van der Waals surface area (Å²) >= 11 is 3.65. The van der Waals surface area contributed by atoms with Gasteiger partial charge in [0, 0.05) is 20.9 Å². The SMILES string of the molecule is Cc1cc(SC(C)(C)Sc2cc(CC(C)C)c(O)c(C(C)(C)C)c2)cc(C(C)(C)C)c1O. The van der Waals surface area contributed by atoms with Crippen molar-refractivity contribution >= 4 is 23.5 Å². The Bertz CT molecular complexity index is 961. The van der Waals surface area contributed by atoms with Crippen LogP contribution in [0.15, 0.2) is 34.1 Å². The first-order chi connectivity index (χ1) is 14.4. The summed E-state index contributed by atoms with van der Waals surface area (Å²) in [4.78, 5) is 2.35. The zero-order chi connectivity index (χ0) is 24.6. The summed E-state index contributed by atoms with van der Waals surface area (Å²) in [5.74, 6) is 1.33. The minimum Gasteiger partial charge on any atom is -0.507 e. The fourth-order valence-electron chi connectivity index (χ4n) is 3.86. The Morgan fingerprint density at radius 3 is 1.59 bits per heavy atom. The third-order valence-electron chi connectivity index (χ3n) is 5.41. The summed E-state index contributed by atoms with van der Waals surface area (Å²) in [7, 11) is 0. The molecular weight excluding hydrogens is 432 g/mol. The van der Waals surface area contributed by atoms with Crippen LogP contribution in [0.2, 0.25) is 0 Å². The van der Waals surface area contributed by atoms with Gasteiger partial charge in [0.1, 0.15) is 11.5 Å². The number of aromatic hydroxyl groups is 2. The van der Waals surface area contributed by atoms with E-state index in [2.05, 4.69) is 93.5 Å². The van der Waals surface area contributed by atoms with E-state index in [1.807, 2.05) is 30.4 Å². The molecular formula is C28H42O2S2. The second-order valence-corrected chi connectivity index (χ2v) is 15.5. The van der Waals surface area contributed by atoms with Crippen molar-refractivity contribution in [1.29, 1.82) is 0 Å². The summed E-state index contributed by atoms with van der Waals surface area (Å²) in [5, 5.41) is 21.5. The number of hydrogen-bond donors (Lipinski definition) is 2. The van der Waals surface area contributed by atoms with Gasteiger partial charge >= 0.3 is 0 Å². The first-order valence-electron chi connectivity index (χ1n) is 11.5. The zero-order valence-corrected chi connectivity index (χ0v) is 23.4. The van der Waals surface area contributed by atoms with Gasteiger partial charge in [-0.25, -0.2) is 0 Å². The predicted molar refractivity (Wildman–Crippen MR) is 143 cm³/mol. The van der Waals surface area contributed by atoms with E-state index in [4.69, 9.17) is 0 Å². The average Bonchev–Trinajstić information content (AvgIpc) is 2.57. The van der Waals surface area contributed by atoms with Gasteiger partial charge in [0.05, 0.1) is 4.08 Å². The van der Waals surface area contributed by atoms with Crippen molar-refractivity contribution < 1.29 is 10.2 Å². The Labute approximate surface area is 204 Å². The molecule has 2 aromatic rings. The van der Waals surface area contributed by atoms with Crippen molar-refractivity contribution in [3.63, 3.8) is 0 Å². The molecule has 0 amide bonds. The van der Waals surface area contributed by atoms with Gasteiger partial charge in [-0.3, -0.25) is 0 Å². The number of phenols is 2. The van der Waals surface area contributed by atoms with Crippen LogP contribution in [-0.4, -0.2) is 14.3 Å². The molecule has 0 heterocycles. The lowest BCUT2D eigenvalue weighted by Gasteiger charge is -2.28. The van der Waals surface area contributed by atoms with Gasteiger partial charge in [0.15, 0.2) is 0 Å². The fraction of sp³-hybridized carbons (Fsp3) is 0.571. The summed E-state index contributed by atoms with van der Waals surface area (Å²) < 4.78 is -0.125. The van der Waals surface area contributed by atoms with Gasteiger partial charge in [0.2, 0.25) is 0 Å². The van der Waals surface area contributed by atoms with Crippen molar-refractivity contribution in [2.45, 2.75) is 107 Å². The van der Waals surface area contributed by atoms with Gasteiger partial charge in [-0.1, -0.05) is 55.4 Å². The quantitative estimate of drug-likeness (QED) is 0.324. The highest BCUT2D eigenvalue weighted by atomic mass is 32.2. The number of phenolic OH excluding ortho intramolecular Hbond substituents is 2. The number of aryl methyl sites for hydroxylation is 1. The molecule has 0 radical (unpaired) electrons. The standard InChI is InChI=1S/C28H42O2S2/c1-17(2)12-19-14-21(16-23(25(19)30)27(7,8)9)32-28(10,11)31-20-13-18(3)24(29)22(15-20)26(4,5)6/h13-17,29-30H,12H2,1-11H3. The molecule has 2 N–H and O–H groups in total. The second kappa shape index (κ2) is 9.54. The van der Waals surface area contributed by atoms with Crippen LogP contribution in [0.25, 0.3) is 0 Å². The van der Waals surface area contributed by atoms with E-state index in [1.54, 1.807) is 0 Å². The minimum atomic E-state index is -0.126. The molecule has 0 spiro atoms. The Balaban J connectivity index is 2.43. The van der Waals surface area contributed by atoms with E-state index in [0.717, 1.165) is 28.7 Å². The van der Waals surface area contributed by atoms with Gasteiger partial charge in [-0.05, 0) is 79.3 Å². The first-order valence-corrected chi connectivity index (χ1v) is 13.1. The molecule has 0 aliphatic heterocycles. The highest BCUT2D eigenvalue weighted by Crippen LogP contribution is 2.49. The van der Waals surface area contributed by atoms with Gasteiger partial charge in [-0.2, -0.15) is 0 Å². The normalized spacial score (nSPS) is 13.1. The van der Waals surface area contributed by atoms with E-state index < -0.39 is 0 Å². The molecule has 0 saturated heterocycles. The Morgan fingerprint density at radius 1 is 0.719 bits per heavy atom. The van der Waals surface area contributed by atoms with Crippen LogP contribution in [0.1, 0.15) is 91.5 Å². The Morgan fingerprint density at radius 2 is 1.16 bits per heavy atom. The molecule has 4 heteroatoms. The average molecular weight is 475 g/mol. The molecule has 0 fully saturated rings. The molecule has 32 heavy (non-hydrogen) atoms. The maximum atomic E-state index is 11.0. The highest BCUT2D eigenvalue weighted by molar-refractivity contribution is 8.18. The van der Waals surface area contributed by atoms with E-state index >= 15 is 0 Å². The van der Waals surface area contributed by atoms with Crippen molar-refractivity contribution in [1.82, 2.24) is 0 Å². The van der Waals surface area contributed by atoms with Crippen molar-refractivity contribution in [2.24, 2.45) is 5.92 Å². The number of thioether (sulfide) groups is 2. The molecule has 2 aromatic carbocycles. The van der Waals surface area contributed by atoms with Crippen LogP contribution >= 0.6 is 23.5 Å². The number of benzene rings is 2. The Kier molecular flexibility index (Phi) is 8.05. The second-order valence-electron chi connectivity index (χ2n) is 11.8. The molecule has 0 aliphatic carbocycles. The van der Waals surface area contributed by atoms with Crippen LogP contribution in [0, 0.1) is 12.8 Å². The summed E-state index contributed by atoms with van der Waals surface area (Å²) in [6, 6.07) is 8.55. The maximum Gasteiger partial charge on any atom is 0.122 e. The largest absolute Gasteiger partial charge is 0.507 e. The molecule has 0 atom stereocenters. The molecule has 0 unspecified atom stereocenters. The van der Waals surface area contributed by atoms with Crippen molar-refractivity contribution in [3.8, 4) is 11.5 Å². The topological polar surface area (TPSA) is 40.5 Å². The van der Waals surface area contributed by atoms with Gasteiger partial charge < -0.3 is 10.2 Å². The molecule has 0 aromatic heterocycles. The fourth-order valence-corrected chi connectivity index (χ4v) is 6.53. The highest BCUT2D eigenvalue weighted by Gasteiger charge is 2.27. The first kappa shape index (κ1) is 27.0.